The SMILES string of the molecule is CC.CC.COc1ccc2ncccc2c1Br. The summed E-state index contributed by atoms with van der Waals surface area (Å²) in [6.45, 7) is 8.00. The van der Waals surface area contributed by atoms with Crippen molar-refractivity contribution in [1.29, 1.82) is 0 Å². The number of halogens is 1. The Morgan fingerprint density at radius 2 is 1.71 bits per heavy atom. The van der Waals surface area contributed by atoms with E-state index < -0.39 is 0 Å². The molecule has 0 aliphatic carbocycles. The summed E-state index contributed by atoms with van der Waals surface area (Å²) < 4.78 is 6.14. The van der Waals surface area contributed by atoms with E-state index in [0.29, 0.717) is 0 Å². The molecule has 1 heterocycles. The molecular formula is C14H20BrNO. The average Bonchev–Trinajstić information content (AvgIpc) is 2.44. The zero-order chi connectivity index (χ0) is 13.3. The molecule has 1 aromatic carbocycles. The van der Waals surface area contributed by atoms with Crippen LogP contribution in [0, 0.1) is 0 Å². The molecule has 2 rings (SSSR count). The van der Waals surface area contributed by atoms with Crippen molar-refractivity contribution in [2.75, 3.05) is 7.11 Å². The maximum atomic E-state index is 5.18. The number of benzene rings is 1. The van der Waals surface area contributed by atoms with Gasteiger partial charge in [-0.1, -0.05) is 33.8 Å². The molecule has 3 heteroatoms. The molecule has 0 amide bonds. The fraction of sp³-hybridized carbons (Fsp3) is 0.357. The minimum absolute atomic E-state index is 0.834. The molecule has 0 N–H and O–H groups in total. The van der Waals surface area contributed by atoms with Crippen LogP contribution < -0.4 is 4.74 Å². The third-order valence-corrected chi connectivity index (χ3v) is 2.72. The van der Waals surface area contributed by atoms with Gasteiger partial charge in [-0.3, -0.25) is 4.98 Å². The van der Waals surface area contributed by atoms with E-state index >= 15 is 0 Å². The van der Waals surface area contributed by atoms with Gasteiger partial charge in [-0.15, -0.1) is 0 Å². The fourth-order valence-electron chi connectivity index (χ4n) is 1.25. The molecule has 0 aliphatic heterocycles. The normalized spacial score (nSPS) is 8.59. The summed E-state index contributed by atoms with van der Waals surface area (Å²) in [5.74, 6) is 0.834. The van der Waals surface area contributed by atoms with Crippen molar-refractivity contribution in [3.63, 3.8) is 0 Å². The van der Waals surface area contributed by atoms with E-state index in [1.54, 1.807) is 13.3 Å². The van der Waals surface area contributed by atoms with Crippen LogP contribution in [0.15, 0.2) is 34.9 Å². The van der Waals surface area contributed by atoms with Gasteiger partial charge in [0.2, 0.25) is 0 Å². The first-order valence-electron chi connectivity index (χ1n) is 5.90. The molecule has 0 radical (unpaired) electrons. The zero-order valence-electron chi connectivity index (χ0n) is 11.1. The van der Waals surface area contributed by atoms with Crippen LogP contribution in [-0.2, 0) is 0 Å². The van der Waals surface area contributed by atoms with Gasteiger partial charge < -0.3 is 4.74 Å². The predicted octanol–water partition coefficient (Wildman–Crippen LogP) is 5.06. The second-order valence-corrected chi connectivity index (χ2v) is 3.44. The van der Waals surface area contributed by atoms with E-state index in [0.717, 1.165) is 21.1 Å². The van der Waals surface area contributed by atoms with Crippen LogP contribution in [0.1, 0.15) is 27.7 Å². The van der Waals surface area contributed by atoms with Crippen LogP contribution in [0.3, 0.4) is 0 Å². The molecule has 0 aliphatic rings. The molecule has 0 fully saturated rings. The zero-order valence-corrected chi connectivity index (χ0v) is 12.7. The number of aromatic nitrogens is 1. The number of fused-ring (bicyclic) bond motifs is 1. The van der Waals surface area contributed by atoms with Gasteiger partial charge in [0, 0.05) is 11.6 Å². The number of pyridine rings is 1. The second-order valence-electron chi connectivity index (χ2n) is 2.65. The van der Waals surface area contributed by atoms with Crippen molar-refractivity contribution >= 4 is 26.8 Å². The first kappa shape index (κ1) is 15.9. The van der Waals surface area contributed by atoms with E-state index in [1.807, 2.05) is 52.0 Å². The number of rotatable bonds is 1. The Balaban J connectivity index is 0.000000581. The van der Waals surface area contributed by atoms with Crippen molar-refractivity contribution in [3.05, 3.63) is 34.9 Å². The second kappa shape index (κ2) is 8.99. The van der Waals surface area contributed by atoms with Crippen molar-refractivity contribution in [2.45, 2.75) is 27.7 Å². The molecule has 2 aromatic rings. The van der Waals surface area contributed by atoms with E-state index in [4.69, 9.17) is 4.74 Å². The van der Waals surface area contributed by atoms with E-state index in [1.165, 1.54) is 0 Å². The monoisotopic (exact) mass is 297 g/mol. The van der Waals surface area contributed by atoms with Gasteiger partial charge in [0.1, 0.15) is 5.75 Å². The molecule has 0 bridgehead atoms. The van der Waals surface area contributed by atoms with Gasteiger partial charge in [0.25, 0.3) is 0 Å². The molecule has 0 saturated carbocycles. The van der Waals surface area contributed by atoms with Gasteiger partial charge in [0.05, 0.1) is 17.1 Å². The standard InChI is InChI=1S/C10H8BrNO.2C2H6/c1-13-9-5-4-8-7(10(9)11)3-2-6-12-8;2*1-2/h2-6H,1H3;2*1-2H3. The van der Waals surface area contributed by atoms with Crippen LogP contribution in [0.2, 0.25) is 0 Å². The van der Waals surface area contributed by atoms with Crippen LogP contribution >= 0.6 is 15.9 Å². The highest BCUT2D eigenvalue weighted by Gasteiger charge is 2.04. The summed E-state index contributed by atoms with van der Waals surface area (Å²) in [6.07, 6.45) is 1.78. The minimum atomic E-state index is 0.834. The van der Waals surface area contributed by atoms with Gasteiger partial charge in [-0.05, 0) is 34.1 Å². The lowest BCUT2D eigenvalue weighted by Crippen LogP contribution is -1.86. The summed E-state index contributed by atoms with van der Waals surface area (Å²) in [5.41, 5.74) is 0.968. The third kappa shape index (κ3) is 4.00. The molecule has 0 saturated heterocycles. The van der Waals surface area contributed by atoms with Gasteiger partial charge in [-0.2, -0.15) is 0 Å². The number of nitrogens with zero attached hydrogens (tertiary/aromatic N) is 1. The van der Waals surface area contributed by atoms with Crippen molar-refractivity contribution < 1.29 is 4.74 Å². The molecule has 0 unspecified atom stereocenters. The molecule has 94 valence electrons. The maximum absolute atomic E-state index is 5.18. The molecular weight excluding hydrogens is 278 g/mol. The topological polar surface area (TPSA) is 22.1 Å². The lowest BCUT2D eigenvalue weighted by molar-refractivity contribution is 0.413. The highest BCUT2D eigenvalue weighted by molar-refractivity contribution is 9.10. The first-order chi connectivity index (χ1) is 8.33. The highest BCUT2D eigenvalue weighted by atomic mass is 79.9. The summed E-state index contributed by atoms with van der Waals surface area (Å²) >= 11 is 3.48. The van der Waals surface area contributed by atoms with E-state index in [-0.39, 0.29) is 0 Å². The highest BCUT2D eigenvalue weighted by Crippen LogP contribution is 2.31. The van der Waals surface area contributed by atoms with Gasteiger partial charge >= 0.3 is 0 Å². The number of ether oxygens (including phenoxy) is 1. The van der Waals surface area contributed by atoms with Crippen LogP contribution in [0.25, 0.3) is 10.9 Å². The smallest absolute Gasteiger partial charge is 0.133 e. The minimum Gasteiger partial charge on any atom is -0.496 e. The predicted molar refractivity (Wildman–Crippen MR) is 78.7 cm³/mol. The lowest BCUT2D eigenvalue weighted by Gasteiger charge is -2.05. The Morgan fingerprint density at radius 3 is 2.29 bits per heavy atom. The van der Waals surface area contributed by atoms with Gasteiger partial charge in [-0.25, -0.2) is 0 Å². The summed E-state index contributed by atoms with van der Waals surface area (Å²) in [7, 11) is 1.66. The summed E-state index contributed by atoms with van der Waals surface area (Å²) in [5, 5.41) is 1.07. The Bertz CT molecular complexity index is 443. The van der Waals surface area contributed by atoms with Gasteiger partial charge in [0.15, 0.2) is 0 Å². The molecule has 0 atom stereocenters. The van der Waals surface area contributed by atoms with Crippen LogP contribution in [0.5, 0.6) is 5.75 Å². The molecule has 1 aromatic heterocycles. The maximum Gasteiger partial charge on any atom is 0.133 e. The number of hydrogen-bond donors (Lipinski definition) is 0. The molecule has 2 nitrogen and oxygen atoms in total. The lowest BCUT2D eigenvalue weighted by atomic mass is 10.2. The van der Waals surface area contributed by atoms with Crippen LogP contribution in [0.4, 0.5) is 0 Å². The molecule has 0 spiro atoms. The number of methoxy groups -OCH3 is 1. The van der Waals surface area contributed by atoms with Crippen LogP contribution in [-0.4, -0.2) is 12.1 Å². The largest absolute Gasteiger partial charge is 0.496 e. The molecule has 17 heavy (non-hydrogen) atoms. The Morgan fingerprint density at radius 1 is 1.06 bits per heavy atom. The Kier molecular flexibility index (Phi) is 8.42. The van der Waals surface area contributed by atoms with Crippen molar-refractivity contribution in [2.24, 2.45) is 0 Å². The average molecular weight is 298 g/mol. The summed E-state index contributed by atoms with van der Waals surface area (Å²) in [6, 6.07) is 7.76. The number of hydrogen-bond acceptors (Lipinski definition) is 2. The summed E-state index contributed by atoms with van der Waals surface area (Å²) in [4.78, 5) is 4.23. The first-order valence-corrected chi connectivity index (χ1v) is 6.69. The van der Waals surface area contributed by atoms with E-state index in [2.05, 4.69) is 20.9 Å². The van der Waals surface area contributed by atoms with Crippen molar-refractivity contribution in [3.8, 4) is 5.75 Å². The van der Waals surface area contributed by atoms with Crippen molar-refractivity contribution in [1.82, 2.24) is 4.98 Å². The Labute approximate surface area is 112 Å². The Hall–Kier alpha value is -1.09. The van der Waals surface area contributed by atoms with E-state index in [9.17, 15) is 0 Å². The quantitative estimate of drug-likeness (QED) is 0.734. The fourth-order valence-corrected chi connectivity index (χ4v) is 1.88. The third-order valence-electron chi connectivity index (χ3n) is 1.90.